The summed E-state index contributed by atoms with van der Waals surface area (Å²) in [6.07, 6.45) is 4.66. The van der Waals surface area contributed by atoms with Crippen molar-refractivity contribution in [2.24, 2.45) is 16.3 Å². The summed E-state index contributed by atoms with van der Waals surface area (Å²) in [4.78, 5) is 16.2. The van der Waals surface area contributed by atoms with E-state index in [9.17, 15) is 15.4 Å². The molecule has 1 aliphatic carbocycles. The molecule has 0 bridgehead atoms. The molecule has 2 aromatic heterocycles. The molecule has 4 rings (SSSR count). The van der Waals surface area contributed by atoms with Gasteiger partial charge in [0.1, 0.15) is 22.6 Å². The number of thiophene rings is 1. The molecule has 0 radical (unpaired) electrons. The number of rotatable bonds is 4. The first kappa shape index (κ1) is 21.0. The highest BCUT2D eigenvalue weighted by atomic mass is 32.1. The highest BCUT2D eigenvalue weighted by Crippen LogP contribution is 2.44. The van der Waals surface area contributed by atoms with Crippen LogP contribution in [0.4, 0.5) is 10.7 Å². The summed E-state index contributed by atoms with van der Waals surface area (Å²) >= 11 is 1.61. The van der Waals surface area contributed by atoms with Gasteiger partial charge in [-0.1, -0.05) is 20.8 Å². The van der Waals surface area contributed by atoms with Crippen LogP contribution < -0.4 is 0 Å². The van der Waals surface area contributed by atoms with Gasteiger partial charge in [0, 0.05) is 22.6 Å². The minimum absolute atomic E-state index is 0.0384. The van der Waals surface area contributed by atoms with Crippen LogP contribution in [-0.4, -0.2) is 11.1 Å². The molecule has 0 aliphatic heterocycles. The van der Waals surface area contributed by atoms with Gasteiger partial charge >= 0.3 is 0 Å². The summed E-state index contributed by atoms with van der Waals surface area (Å²) < 4.78 is 5.83. The quantitative estimate of drug-likeness (QED) is 0.260. The molecule has 3 aromatic rings. The Morgan fingerprint density at radius 2 is 2.00 bits per heavy atom. The van der Waals surface area contributed by atoms with Crippen LogP contribution in [0.1, 0.15) is 49.0 Å². The van der Waals surface area contributed by atoms with Crippen LogP contribution in [0.3, 0.4) is 0 Å². The summed E-state index contributed by atoms with van der Waals surface area (Å²) in [6, 6.07) is 12.2. The number of nitriles is 1. The third-order valence-electron chi connectivity index (χ3n) is 5.88. The molecule has 7 heteroatoms. The number of nitrogens with zero attached hydrogens (tertiary/aromatic N) is 3. The molecular formula is C24H23N3O3S. The molecule has 0 N–H and O–H groups in total. The zero-order valence-electron chi connectivity index (χ0n) is 17.7. The van der Waals surface area contributed by atoms with Gasteiger partial charge in [-0.05, 0) is 60.4 Å². The molecule has 0 unspecified atom stereocenters. The van der Waals surface area contributed by atoms with Crippen LogP contribution in [0.25, 0.3) is 11.3 Å². The molecule has 31 heavy (non-hydrogen) atoms. The van der Waals surface area contributed by atoms with E-state index < -0.39 is 4.92 Å². The average Bonchev–Trinajstić information content (AvgIpc) is 3.35. The third kappa shape index (κ3) is 4.30. The first-order valence-electron chi connectivity index (χ1n) is 10.2. The summed E-state index contributed by atoms with van der Waals surface area (Å²) in [5, 5.41) is 21.3. The van der Waals surface area contributed by atoms with Gasteiger partial charge in [-0.25, -0.2) is 4.99 Å². The molecule has 1 aromatic carbocycles. The monoisotopic (exact) mass is 433 g/mol. The van der Waals surface area contributed by atoms with Crippen LogP contribution in [0.2, 0.25) is 0 Å². The summed E-state index contributed by atoms with van der Waals surface area (Å²) in [5.41, 5.74) is 2.89. The molecule has 6 nitrogen and oxygen atoms in total. The average molecular weight is 434 g/mol. The van der Waals surface area contributed by atoms with Crippen molar-refractivity contribution in [2.45, 2.75) is 40.0 Å². The van der Waals surface area contributed by atoms with Gasteiger partial charge in [0.05, 0.1) is 16.7 Å². The van der Waals surface area contributed by atoms with Crippen molar-refractivity contribution in [1.29, 1.82) is 5.26 Å². The highest BCUT2D eigenvalue weighted by molar-refractivity contribution is 7.16. The van der Waals surface area contributed by atoms with Gasteiger partial charge in [-0.3, -0.25) is 10.1 Å². The largest absolute Gasteiger partial charge is 0.455 e. The van der Waals surface area contributed by atoms with Crippen molar-refractivity contribution in [3.8, 4) is 17.4 Å². The fourth-order valence-corrected chi connectivity index (χ4v) is 5.19. The second-order valence-corrected chi connectivity index (χ2v) is 9.95. The van der Waals surface area contributed by atoms with E-state index in [1.165, 1.54) is 17.0 Å². The topological polar surface area (TPSA) is 92.4 Å². The maximum absolute atomic E-state index is 10.8. The number of fused-ring (bicyclic) bond motifs is 1. The van der Waals surface area contributed by atoms with Crippen LogP contribution in [0.15, 0.2) is 45.8 Å². The highest BCUT2D eigenvalue weighted by Gasteiger charge is 2.32. The number of hydrogen-bond donors (Lipinski definition) is 0. The van der Waals surface area contributed by atoms with E-state index in [2.05, 4.69) is 31.8 Å². The first-order chi connectivity index (χ1) is 14.8. The van der Waals surface area contributed by atoms with Crippen molar-refractivity contribution < 1.29 is 9.34 Å². The van der Waals surface area contributed by atoms with Crippen LogP contribution in [-0.2, 0) is 12.8 Å². The number of nitro benzene ring substituents is 1. The van der Waals surface area contributed by atoms with Gasteiger partial charge in [-0.2, -0.15) is 5.26 Å². The number of furan rings is 1. The molecule has 1 aliphatic rings. The molecule has 0 amide bonds. The predicted octanol–water partition coefficient (Wildman–Crippen LogP) is 6.69. The van der Waals surface area contributed by atoms with Crippen LogP contribution >= 0.6 is 11.3 Å². The Kier molecular flexibility index (Phi) is 5.50. The van der Waals surface area contributed by atoms with Gasteiger partial charge in [0.15, 0.2) is 0 Å². The second-order valence-electron chi connectivity index (χ2n) is 8.87. The lowest BCUT2D eigenvalue weighted by Gasteiger charge is -2.33. The molecule has 0 saturated carbocycles. The Hall–Kier alpha value is -3.24. The SMILES string of the molecule is CC(C)(C)[C@H]1CCc2c(sc(N=Cc3ccc(-c4ccc([N+](=O)[O-])cc4)o3)c2C#N)C1. The number of benzene rings is 1. The second kappa shape index (κ2) is 8.12. The van der Waals surface area contributed by atoms with E-state index in [1.54, 1.807) is 41.8 Å². The Bertz CT molecular complexity index is 1190. The minimum atomic E-state index is -0.429. The van der Waals surface area contributed by atoms with Crippen molar-refractivity contribution >= 4 is 28.2 Å². The summed E-state index contributed by atoms with van der Waals surface area (Å²) in [6.45, 7) is 6.83. The van der Waals surface area contributed by atoms with Crippen LogP contribution in [0.5, 0.6) is 0 Å². The third-order valence-corrected chi connectivity index (χ3v) is 7.04. The summed E-state index contributed by atoms with van der Waals surface area (Å²) in [5.74, 6) is 1.78. The fraction of sp³-hybridized carbons (Fsp3) is 0.333. The van der Waals surface area contributed by atoms with Gasteiger partial charge < -0.3 is 4.42 Å². The number of non-ortho nitro benzene ring substituents is 1. The Balaban J connectivity index is 1.55. The van der Waals surface area contributed by atoms with Crippen molar-refractivity contribution in [2.75, 3.05) is 0 Å². The van der Waals surface area contributed by atoms with E-state index in [0.29, 0.717) is 23.0 Å². The van der Waals surface area contributed by atoms with E-state index in [4.69, 9.17) is 4.42 Å². The van der Waals surface area contributed by atoms with Crippen molar-refractivity contribution in [3.05, 3.63) is 68.3 Å². The first-order valence-corrected chi connectivity index (χ1v) is 11.0. The standard InChI is InChI=1S/C24H23N3O3S/c1-24(2,3)16-6-10-19-20(13-25)23(31-22(19)12-16)26-14-18-9-11-21(30-18)15-4-7-17(8-5-15)27(28)29/h4-5,7-9,11,14,16H,6,10,12H2,1-3H3/t16-/m0/s1. The lowest BCUT2D eigenvalue weighted by molar-refractivity contribution is -0.384. The maximum Gasteiger partial charge on any atom is 0.269 e. The van der Waals surface area contributed by atoms with Gasteiger partial charge in [-0.15, -0.1) is 11.3 Å². The minimum Gasteiger partial charge on any atom is -0.455 e. The Labute approximate surface area is 185 Å². The zero-order valence-corrected chi connectivity index (χ0v) is 18.5. The summed E-state index contributed by atoms with van der Waals surface area (Å²) in [7, 11) is 0. The molecule has 0 saturated heterocycles. The molecule has 158 valence electrons. The zero-order chi connectivity index (χ0) is 22.2. The fourth-order valence-electron chi connectivity index (χ4n) is 3.96. The number of aliphatic imine (C=N–C) groups is 1. The Morgan fingerprint density at radius 1 is 1.26 bits per heavy atom. The molecular weight excluding hydrogens is 410 g/mol. The number of nitro groups is 1. The normalized spacial score (nSPS) is 16.3. The van der Waals surface area contributed by atoms with Crippen molar-refractivity contribution in [3.63, 3.8) is 0 Å². The van der Waals surface area contributed by atoms with Gasteiger partial charge in [0.2, 0.25) is 0 Å². The van der Waals surface area contributed by atoms with Gasteiger partial charge in [0.25, 0.3) is 5.69 Å². The van der Waals surface area contributed by atoms with E-state index in [0.717, 1.165) is 35.4 Å². The molecule has 1 atom stereocenters. The predicted molar refractivity (Wildman–Crippen MR) is 122 cm³/mol. The molecule has 0 spiro atoms. The number of hydrogen-bond acceptors (Lipinski definition) is 6. The maximum atomic E-state index is 10.8. The Morgan fingerprint density at radius 3 is 2.65 bits per heavy atom. The lowest BCUT2D eigenvalue weighted by Crippen LogP contribution is -2.26. The smallest absolute Gasteiger partial charge is 0.269 e. The van der Waals surface area contributed by atoms with E-state index in [-0.39, 0.29) is 11.1 Å². The molecule has 2 heterocycles. The van der Waals surface area contributed by atoms with Crippen LogP contribution in [0, 0.1) is 32.8 Å². The van der Waals surface area contributed by atoms with Crippen molar-refractivity contribution in [1.82, 2.24) is 0 Å². The van der Waals surface area contributed by atoms with E-state index >= 15 is 0 Å². The molecule has 0 fully saturated rings. The lowest BCUT2D eigenvalue weighted by atomic mass is 9.72. The van der Waals surface area contributed by atoms with E-state index in [1.807, 2.05) is 0 Å².